The average molecular weight is 700 g/mol. The minimum absolute atomic E-state index is 0.579. The summed E-state index contributed by atoms with van der Waals surface area (Å²) < 4.78 is 6.85. The number of nitrogens with zero attached hydrogens (tertiary/aromatic N) is 5. The first-order valence-corrected chi connectivity index (χ1v) is 18.3. The van der Waals surface area contributed by atoms with Crippen molar-refractivity contribution in [1.82, 2.24) is 13.7 Å². The molecule has 0 atom stereocenters. The van der Waals surface area contributed by atoms with Gasteiger partial charge in [0.05, 0.1) is 56.0 Å². The first-order valence-electron chi connectivity index (χ1n) is 18.3. The van der Waals surface area contributed by atoms with Crippen LogP contribution in [0.2, 0.25) is 0 Å². The van der Waals surface area contributed by atoms with E-state index in [1.165, 1.54) is 10.8 Å². The van der Waals surface area contributed by atoms with Gasteiger partial charge in [0.25, 0.3) is 0 Å². The van der Waals surface area contributed by atoms with Crippen LogP contribution < -0.4 is 0 Å². The molecule has 0 saturated carbocycles. The summed E-state index contributed by atoms with van der Waals surface area (Å²) in [5, 5.41) is 27.7. The van der Waals surface area contributed by atoms with Gasteiger partial charge in [-0.3, -0.25) is 0 Å². The van der Waals surface area contributed by atoms with Crippen LogP contribution in [0.15, 0.2) is 176 Å². The van der Waals surface area contributed by atoms with Crippen LogP contribution >= 0.6 is 0 Å². The number of hydrogen-bond acceptors (Lipinski definition) is 2. The third kappa shape index (κ3) is 4.39. The fourth-order valence-electron chi connectivity index (χ4n) is 8.84. The summed E-state index contributed by atoms with van der Waals surface area (Å²) >= 11 is 0. The molecule has 0 aliphatic rings. The monoisotopic (exact) mass is 699 g/mol. The van der Waals surface area contributed by atoms with Crippen molar-refractivity contribution in [2.75, 3.05) is 0 Å². The molecule has 11 rings (SSSR count). The van der Waals surface area contributed by atoms with Gasteiger partial charge in [-0.25, -0.2) is 0 Å². The van der Waals surface area contributed by atoms with Gasteiger partial charge < -0.3 is 13.7 Å². The lowest BCUT2D eigenvalue weighted by atomic mass is 9.99. The molecular formula is C50H29N5. The number of aromatic nitrogens is 3. The van der Waals surface area contributed by atoms with Crippen molar-refractivity contribution in [2.45, 2.75) is 0 Å². The van der Waals surface area contributed by atoms with Crippen molar-refractivity contribution >= 4 is 65.4 Å². The molecule has 8 aromatic carbocycles. The quantitative estimate of drug-likeness (QED) is 0.184. The van der Waals surface area contributed by atoms with Gasteiger partial charge in [0.15, 0.2) is 0 Å². The van der Waals surface area contributed by atoms with Crippen LogP contribution in [0.3, 0.4) is 0 Å². The molecular weight excluding hydrogens is 671 g/mol. The molecule has 5 heteroatoms. The molecule has 11 aromatic rings. The standard InChI is InChI=1S/C50H29N5/c51-30-33-13-10-19-42-40-17-3-5-21-44(40)53(49(33)42)35-14-9-12-32(28-35)37-27-26-36(29-34(37)31-52)54-45-22-6-4-18-41(45)43-20-11-25-48(50(43)54)55-46-23-7-1-15-38(46)39-16-2-8-24-47(39)55/h1-29H. The Morgan fingerprint density at radius 1 is 0.345 bits per heavy atom. The third-order valence-corrected chi connectivity index (χ3v) is 11.1. The molecule has 0 fully saturated rings. The fourth-order valence-corrected chi connectivity index (χ4v) is 8.84. The van der Waals surface area contributed by atoms with E-state index in [1.54, 1.807) is 0 Å². The minimum Gasteiger partial charge on any atom is -0.308 e. The third-order valence-electron chi connectivity index (χ3n) is 11.1. The lowest BCUT2D eigenvalue weighted by Gasteiger charge is -2.16. The highest BCUT2D eigenvalue weighted by Crippen LogP contribution is 2.41. The molecule has 3 aromatic heterocycles. The molecule has 0 radical (unpaired) electrons. The predicted octanol–water partition coefficient (Wildman–Crippen LogP) is 12.4. The summed E-state index contributed by atoms with van der Waals surface area (Å²) in [6.45, 7) is 0. The Morgan fingerprint density at radius 2 is 0.818 bits per heavy atom. The lowest BCUT2D eigenvalue weighted by molar-refractivity contribution is 1.13. The molecule has 0 saturated heterocycles. The molecule has 0 aliphatic heterocycles. The van der Waals surface area contributed by atoms with Crippen molar-refractivity contribution < 1.29 is 0 Å². The molecule has 0 spiro atoms. The number of para-hydroxylation sites is 6. The summed E-state index contributed by atoms with van der Waals surface area (Å²) in [5.41, 5.74) is 12.2. The zero-order chi connectivity index (χ0) is 36.6. The maximum absolute atomic E-state index is 10.8. The minimum atomic E-state index is 0.579. The second-order valence-electron chi connectivity index (χ2n) is 14.0. The SMILES string of the molecule is N#Cc1cc(-n2c3ccccc3c3cccc(-n4c5ccccc5c5ccccc54)c32)ccc1-c1cccc(-n2c3ccccc3c3cccc(C#N)c32)c1. The van der Waals surface area contributed by atoms with Crippen LogP contribution in [0, 0.1) is 22.7 Å². The van der Waals surface area contributed by atoms with Crippen LogP contribution in [-0.2, 0) is 0 Å². The number of benzene rings is 8. The number of rotatable bonds is 4. The number of fused-ring (bicyclic) bond motifs is 9. The Bertz CT molecular complexity index is 3420. The first kappa shape index (κ1) is 30.7. The fraction of sp³-hybridized carbons (Fsp3) is 0. The Kier molecular flexibility index (Phi) is 6.61. The topological polar surface area (TPSA) is 62.4 Å². The van der Waals surface area contributed by atoms with Crippen molar-refractivity contribution in [3.8, 4) is 40.3 Å². The molecule has 5 nitrogen and oxygen atoms in total. The Hall–Kier alpha value is -7.86. The second kappa shape index (κ2) is 11.8. The highest BCUT2D eigenvalue weighted by Gasteiger charge is 2.21. The van der Waals surface area contributed by atoms with Gasteiger partial charge in [-0.2, -0.15) is 10.5 Å². The van der Waals surface area contributed by atoms with E-state index in [0.29, 0.717) is 11.1 Å². The molecule has 0 unspecified atom stereocenters. The van der Waals surface area contributed by atoms with Crippen LogP contribution in [-0.4, -0.2) is 13.7 Å². The molecule has 3 heterocycles. The summed E-state index contributed by atoms with van der Waals surface area (Å²) in [7, 11) is 0. The summed E-state index contributed by atoms with van der Waals surface area (Å²) in [6, 6.07) is 65.8. The normalized spacial score (nSPS) is 11.6. The molecule has 0 aliphatic carbocycles. The van der Waals surface area contributed by atoms with E-state index >= 15 is 0 Å². The van der Waals surface area contributed by atoms with Gasteiger partial charge in [-0.1, -0.05) is 115 Å². The summed E-state index contributed by atoms with van der Waals surface area (Å²) in [6.07, 6.45) is 0. The molecule has 55 heavy (non-hydrogen) atoms. The van der Waals surface area contributed by atoms with E-state index in [-0.39, 0.29) is 0 Å². The van der Waals surface area contributed by atoms with Gasteiger partial charge in [-0.05, 0) is 71.8 Å². The van der Waals surface area contributed by atoms with Gasteiger partial charge in [0.1, 0.15) is 6.07 Å². The van der Waals surface area contributed by atoms with Crippen molar-refractivity contribution in [1.29, 1.82) is 10.5 Å². The van der Waals surface area contributed by atoms with Gasteiger partial charge in [0.2, 0.25) is 0 Å². The molecule has 0 N–H and O–H groups in total. The van der Waals surface area contributed by atoms with Crippen molar-refractivity contribution in [2.24, 2.45) is 0 Å². The Labute approximate surface area is 316 Å². The average Bonchev–Trinajstić information content (AvgIpc) is 3.90. The largest absolute Gasteiger partial charge is 0.308 e. The first-order chi connectivity index (χ1) is 27.2. The van der Waals surface area contributed by atoms with Crippen LogP contribution in [0.1, 0.15) is 11.1 Å². The number of nitriles is 2. The van der Waals surface area contributed by atoms with Gasteiger partial charge >= 0.3 is 0 Å². The van der Waals surface area contributed by atoms with Gasteiger partial charge in [-0.15, -0.1) is 0 Å². The van der Waals surface area contributed by atoms with Crippen LogP contribution in [0.5, 0.6) is 0 Å². The van der Waals surface area contributed by atoms with E-state index in [1.807, 2.05) is 36.4 Å². The predicted molar refractivity (Wildman–Crippen MR) is 224 cm³/mol. The van der Waals surface area contributed by atoms with E-state index < -0.39 is 0 Å². The van der Waals surface area contributed by atoms with E-state index in [2.05, 4.69) is 165 Å². The lowest BCUT2D eigenvalue weighted by Crippen LogP contribution is -2.01. The zero-order valence-electron chi connectivity index (χ0n) is 29.5. The second-order valence-corrected chi connectivity index (χ2v) is 14.0. The molecule has 254 valence electrons. The maximum Gasteiger partial charge on any atom is 0.101 e. The Balaban J connectivity index is 1.13. The maximum atomic E-state index is 10.8. The van der Waals surface area contributed by atoms with E-state index in [9.17, 15) is 10.5 Å². The summed E-state index contributed by atoms with van der Waals surface area (Å²) in [4.78, 5) is 0. The van der Waals surface area contributed by atoms with Crippen molar-refractivity contribution in [3.05, 3.63) is 187 Å². The number of hydrogen-bond donors (Lipinski definition) is 0. The highest BCUT2D eigenvalue weighted by atomic mass is 15.1. The van der Waals surface area contributed by atoms with E-state index in [0.717, 1.165) is 82.8 Å². The van der Waals surface area contributed by atoms with Crippen LogP contribution in [0.4, 0.5) is 0 Å². The van der Waals surface area contributed by atoms with Crippen molar-refractivity contribution in [3.63, 3.8) is 0 Å². The van der Waals surface area contributed by atoms with Crippen LogP contribution in [0.25, 0.3) is 93.6 Å². The Morgan fingerprint density at radius 3 is 1.44 bits per heavy atom. The zero-order valence-corrected chi connectivity index (χ0v) is 29.5. The van der Waals surface area contributed by atoms with E-state index in [4.69, 9.17) is 0 Å². The summed E-state index contributed by atoms with van der Waals surface area (Å²) in [5.74, 6) is 0. The highest BCUT2D eigenvalue weighted by molar-refractivity contribution is 6.15. The smallest absolute Gasteiger partial charge is 0.101 e. The molecule has 0 amide bonds. The van der Waals surface area contributed by atoms with Gasteiger partial charge in [0, 0.05) is 43.7 Å². The molecule has 0 bridgehead atoms.